The van der Waals surface area contributed by atoms with Gasteiger partial charge in [-0.1, -0.05) is 6.07 Å². The van der Waals surface area contributed by atoms with Crippen LogP contribution in [-0.4, -0.2) is 36.3 Å². The number of hydrogen-bond acceptors (Lipinski definition) is 4. The van der Waals surface area contributed by atoms with Crippen molar-refractivity contribution in [2.75, 3.05) is 31.1 Å². The Balaban J connectivity index is 1.95. The van der Waals surface area contributed by atoms with Crippen molar-refractivity contribution in [2.45, 2.75) is 0 Å². The highest BCUT2D eigenvalue weighted by Gasteiger charge is 2.15. The molecule has 3 rings (SSSR count). The maximum atomic E-state index is 14.3. The third-order valence-electron chi connectivity index (χ3n) is 3.61. The molecule has 2 heterocycles. The smallest absolute Gasteiger partial charge is 0.250 e. The molecule has 1 saturated heterocycles. The van der Waals surface area contributed by atoms with Crippen LogP contribution in [0.5, 0.6) is 5.88 Å². The van der Waals surface area contributed by atoms with E-state index >= 15 is 0 Å². The van der Waals surface area contributed by atoms with Gasteiger partial charge in [0.25, 0.3) is 5.56 Å². The first-order valence-corrected chi connectivity index (χ1v) is 6.83. The molecule has 0 bridgehead atoms. The highest BCUT2D eigenvalue weighted by Crippen LogP contribution is 2.30. The number of nitrogens with zero attached hydrogens (tertiary/aromatic N) is 1. The molecule has 0 amide bonds. The van der Waals surface area contributed by atoms with Crippen LogP contribution in [0.15, 0.2) is 35.1 Å². The second-order valence-corrected chi connectivity index (χ2v) is 4.99. The minimum Gasteiger partial charge on any atom is -0.494 e. The number of aromatic amines is 1. The molecule has 0 aliphatic carbocycles. The fourth-order valence-corrected chi connectivity index (χ4v) is 2.53. The number of H-pyrrole nitrogens is 1. The Labute approximate surface area is 121 Å². The van der Waals surface area contributed by atoms with Crippen LogP contribution in [0.4, 0.5) is 10.1 Å². The standard InChI is InChI=1S/C15H16FN3O2/c16-12-9-10(11-2-4-14(20)18-15(11)21)1-3-13(12)19-7-5-17-6-8-19/h1-4,9,17H,5-8H2,(H2,18,20,21). The fourth-order valence-electron chi connectivity index (χ4n) is 2.53. The van der Waals surface area contributed by atoms with Crippen molar-refractivity contribution in [3.8, 4) is 17.0 Å². The molecule has 0 spiro atoms. The lowest BCUT2D eigenvalue weighted by atomic mass is 10.1. The van der Waals surface area contributed by atoms with Crippen LogP contribution < -0.4 is 15.8 Å². The van der Waals surface area contributed by atoms with Crippen LogP contribution in [0.25, 0.3) is 11.1 Å². The summed E-state index contributed by atoms with van der Waals surface area (Å²) in [6.45, 7) is 3.20. The van der Waals surface area contributed by atoms with E-state index in [1.54, 1.807) is 12.1 Å². The summed E-state index contributed by atoms with van der Waals surface area (Å²) in [6, 6.07) is 7.61. The zero-order valence-electron chi connectivity index (χ0n) is 11.4. The number of piperazine rings is 1. The van der Waals surface area contributed by atoms with E-state index in [0.29, 0.717) is 16.8 Å². The number of aromatic nitrogens is 1. The van der Waals surface area contributed by atoms with E-state index in [4.69, 9.17) is 0 Å². The van der Waals surface area contributed by atoms with Gasteiger partial charge in [0.2, 0.25) is 0 Å². The minimum atomic E-state index is -0.394. The van der Waals surface area contributed by atoms with Crippen molar-refractivity contribution >= 4 is 5.69 Å². The van der Waals surface area contributed by atoms with E-state index in [2.05, 4.69) is 10.3 Å². The lowest BCUT2D eigenvalue weighted by Crippen LogP contribution is -2.43. The summed E-state index contributed by atoms with van der Waals surface area (Å²) in [4.78, 5) is 15.4. The molecule has 1 aliphatic heterocycles. The fraction of sp³-hybridized carbons (Fsp3) is 0.267. The van der Waals surface area contributed by atoms with Crippen LogP contribution in [-0.2, 0) is 0 Å². The zero-order chi connectivity index (χ0) is 14.8. The van der Waals surface area contributed by atoms with E-state index in [0.717, 1.165) is 26.2 Å². The van der Waals surface area contributed by atoms with Gasteiger partial charge in [-0.2, -0.15) is 0 Å². The summed E-state index contributed by atoms with van der Waals surface area (Å²) < 4.78 is 14.3. The Hall–Kier alpha value is -2.34. The number of halogens is 1. The Morgan fingerprint density at radius 1 is 1.14 bits per heavy atom. The topological polar surface area (TPSA) is 68.4 Å². The maximum absolute atomic E-state index is 14.3. The van der Waals surface area contributed by atoms with Crippen LogP contribution in [0.2, 0.25) is 0 Å². The van der Waals surface area contributed by atoms with Crippen molar-refractivity contribution in [1.29, 1.82) is 0 Å². The van der Waals surface area contributed by atoms with Crippen LogP contribution in [0.3, 0.4) is 0 Å². The monoisotopic (exact) mass is 289 g/mol. The SMILES string of the molecule is O=c1ccc(-c2ccc(N3CCNCC3)c(F)c2)c(O)[nH]1. The summed E-state index contributed by atoms with van der Waals surface area (Å²) in [6.07, 6.45) is 0. The average molecular weight is 289 g/mol. The lowest BCUT2D eigenvalue weighted by molar-refractivity contribution is 0.454. The Morgan fingerprint density at radius 2 is 1.90 bits per heavy atom. The first-order chi connectivity index (χ1) is 10.1. The number of nitrogens with one attached hydrogen (secondary N) is 2. The van der Waals surface area contributed by atoms with Gasteiger partial charge >= 0.3 is 0 Å². The highest BCUT2D eigenvalue weighted by molar-refractivity contribution is 5.70. The Kier molecular flexibility index (Phi) is 3.62. The molecule has 5 nitrogen and oxygen atoms in total. The van der Waals surface area contributed by atoms with Gasteiger partial charge < -0.3 is 15.3 Å². The van der Waals surface area contributed by atoms with Crippen LogP contribution in [0.1, 0.15) is 0 Å². The molecule has 3 N–H and O–H groups in total. The Morgan fingerprint density at radius 3 is 2.57 bits per heavy atom. The van der Waals surface area contributed by atoms with E-state index in [1.165, 1.54) is 18.2 Å². The molecule has 0 atom stereocenters. The lowest BCUT2D eigenvalue weighted by Gasteiger charge is -2.29. The van der Waals surface area contributed by atoms with Crippen molar-refractivity contribution in [2.24, 2.45) is 0 Å². The Bertz CT molecular complexity index is 708. The molecular formula is C15H16FN3O2. The van der Waals surface area contributed by atoms with Gasteiger partial charge in [-0.25, -0.2) is 4.39 Å². The maximum Gasteiger partial charge on any atom is 0.250 e. The molecule has 1 fully saturated rings. The number of pyridine rings is 1. The van der Waals surface area contributed by atoms with Gasteiger partial charge in [0.15, 0.2) is 5.88 Å². The van der Waals surface area contributed by atoms with Gasteiger partial charge in [0, 0.05) is 37.8 Å². The third-order valence-corrected chi connectivity index (χ3v) is 3.61. The molecule has 1 aromatic carbocycles. The third kappa shape index (κ3) is 2.75. The van der Waals surface area contributed by atoms with Crippen molar-refractivity contribution < 1.29 is 9.50 Å². The second-order valence-electron chi connectivity index (χ2n) is 4.99. The van der Waals surface area contributed by atoms with Crippen LogP contribution in [0, 0.1) is 5.82 Å². The number of rotatable bonds is 2. The molecule has 110 valence electrons. The number of anilines is 1. The van der Waals surface area contributed by atoms with Gasteiger partial charge in [0.05, 0.1) is 5.69 Å². The molecule has 1 aliphatic rings. The molecule has 0 saturated carbocycles. The van der Waals surface area contributed by atoms with E-state index in [9.17, 15) is 14.3 Å². The highest BCUT2D eigenvalue weighted by atomic mass is 19.1. The summed E-state index contributed by atoms with van der Waals surface area (Å²) >= 11 is 0. The molecule has 1 aromatic heterocycles. The van der Waals surface area contributed by atoms with Gasteiger partial charge in [-0.3, -0.25) is 9.78 Å². The minimum absolute atomic E-state index is 0.253. The summed E-state index contributed by atoms with van der Waals surface area (Å²) in [7, 11) is 0. The largest absolute Gasteiger partial charge is 0.494 e. The normalized spacial score (nSPS) is 15.2. The zero-order valence-corrected chi connectivity index (χ0v) is 11.4. The first kappa shape index (κ1) is 13.6. The number of aromatic hydroxyl groups is 1. The summed E-state index contributed by atoms with van der Waals surface area (Å²) in [5.41, 5.74) is 1.10. The average Bonchev–Trinajstić information content (AvgIpc) is 2.48. The molecule has 0 radical (unpaired) electrons. The second kappa shape index (κ2) is 5.57. The summed E-state index contributed by atoms with van der Waals surface area (Å²) in [5.74, 6) is -0.586. The molecule has 2 aromatic rings. The molecular weight excluding hydrogens is 273 g/mol. The van der Waals surface area contributed by atoms with Crippen molar-refractivity contribution in [3.63, 3.8) is 0 Å². The quantitative estimate of drug-likeness (QED) is 0.779. The predicted molar refractivity (Wildman–Crippen MR) is 79.2 cm³/mol. The van der Waals surface area contributed by atoms with Crippen molar-refractivity contribution in [1.82, 2.24) is 10.3 Å². The van der Waals surface area contributed by atoms with Gasteiger partial charge in [0.1, 0.15) is 5.82 Å². The predicted octanol–water partition coefficient (Wildman–Crippen LogP) is 1.30. The summed E-state index contributed by atoms with van der Waals surface area (Å²) in [5, 5.41) is 13.0. The first-order valence-electron chi connectivity index (χ1n) is 6.83. The molecule has 6 heteroatoms. The van der Waals surface area contributed by atoms with Gasteiger partial charge in [-0.15, -0.1) is 0 Å². The molecule has 0 unspecified atom stereocenters. The van der Waals surface area contributed by atoms with Crippen LogP contribution >= 0.6 is 0 Å². The van der Waals surface area contributed by atoms with E-state index in [1.807, 2.05) is 4.90 Å². The van der Waals surface area contributed by atoms with E-state index < -0.39 is 5.56 Å². The van der Waals surface area contributed by atoms with E-state index in [-0.39, 0.29) is 11.7 Å². The number of hydrogen-bond donors (Lipinski definition) is 3. The van der Waals surface area contributed by atoms with Gasteiger partial charge in [-0.05, 0) is 23.8 Å². The number of benzene rings is 1. The molecule has 21 heavy (non-hydrogen) atoms. The van der Waals surface area contributed by atoms with Crippen molar-refractivity contribution in [3.05, 3.63) is 46.5 Å².